The molecular weight excluding hydrogens is 392 g/mol. The van der Waals surface area contributed by atoms with E-state index in [9.17, 15) is 23.5 Å². The van der Waals surface area contributed by atoms with Gasteiger partial charge in [0, 0.05) is 6.20 Å². The number of nitrogens with one attached hydrogen (secondary N) is 2. The lowest BCUT2D eigenvalue weighted by Gasteiger charge is -2.33. The molecule has 4 N–H and O–H groups in total. The number of aliphatic hydroxyl groups is 2. The lowest BCUT2D eigenvalue weighted by Crippen LogP contribution is -2.58. The van der Waals surface area contributed by atoms with E-state index in [1.165, 1.54) is 6.08 Å². The summed E-state index contributed by atoms with van der Waals surface area (Å²) in [5, 5.41) is 23.4. The quantitative estimate of drug-likeness (QED) is 0.510. The Labute approximate surface area is 166 Å². The van der Waals surface area contributed by atoms with Crippen molar-refractivity contribution in [3.63, 3.8) is 0 Å². The number of hydrogen-bond donors (Lipinski definition) is 4. The number of carbonyl (C=O) groups excluding carboxylic acids is 2. The highest BCUT2D eigenvalue weighted by atomic mass is 19.3. The van der Waals surface area contributed by atoms with E-state index in [0.717, 1.165) is 31.9 Å². The third-order valence-corrected chi connectivity index (χ3v) is 5.01. The van der Waals surface area contributed by atoms with Crippen LogP contribution in [0.2, 0.25) is 0 Å². The average molecular weight is 417 g/mol. The highest BCUT2D eigenvalue weighted by Gasteiger charge is 2.61. The van der Waals surface area contributed by atoms with Gasteiger partial charge in [-0.15, -0.1) is 0 Å². The van der Waals surface area contributed by atoms with Crippen molar-refractivity contribution in [2.24, 2.45) is 0 Å². The first kappa shape index (κ1) is 21.5. The van der Waals surface area contributed by atoms with Crippen molar-refractivity contribution in [3.05, 3.63) is 24.4 Å². The van der Waals surface area contributed by atoms with Crippen molar-refractivity contribution >= 4 is 12.1 Å². The van der Waals surface area contributed by atoms with Crippen LogP contribution in [0, 0.1) is 0 Å². The number of alkyl halides is 2. The number of allylic oxidation sites excluding steroid dienone is 1. The summed E-state index contributed by atoms with van der Waals surface area (Å²) in [5.41, 5.74) is 0. The molecule has 1 saturated heterocycles. The molecule has 0 aromatic carbocycles. The molecule has 2 aliphatic heterocycles. The summed E-state index contributed by atoms with van der Waals surface area (Å²) < 4.78 is 38.6. The molecule has 3 rings (SSSR count). The molecule has 3 amide bonds. The van der Waals surface area contributed by atoms with Crippen LogP contribution in [0.4, 0.5) is 18.4 Å². The monoisotopic (exact) mass is 417 g/mol. The van der Waals surface area contributed by atoms with Crippen LogP contribution in [0.3, 0.4) is 0 Å². The van der Waals surface area contributed by atoms with Gasteiger partial charge in [-0.3, -0.25) is 10.2 Å². The van der Waals surface area contributed by atoms with Crippen LogP contribution >= 0.6 is 0 Å². The summed E-state index contributed by atoms with van der Waals surface area (Å²) in [6.45, 7) is -0.821. The predicted molar refractivity (Wildman–Crippen MR) is 95.6 cm³/mol. The molecule has 0 bridgehead atoms. The van der Waals surface area contributed by atoms with Crippen LogP contribution in [-0.4, -0.2) is 70.5 Å². The number of ether oxygens (including phenoxy) is 2. The second kappa shape index (κ2) is 9.06. The van der Waals surface area contributed by atoms with E-state index in [0.29, 0.717) is 11.3 Å². The van der Waals surface area contributed by atoms with E-state index in [4.69, 9.17) is 14.6 Å². The van der Waals surface area contributed by atoms with Crippen molar-refractivity contribution < 1.29 is 38.1 Å². The van der Waals surface area contributed by atoms with Gasteiger partial charge in [0.15, 0.2) is 6.10 Å². The topological polar surface area (TPSA) is 120 Å². The normalized spacial score (nSPS) is 35.4. The Morgan fingerprint density at radius 1 is 1.38 bits per heavy atom. The lowest BCUT2D eigenvalue weighted by atomic mass is 10.0. The van der Waals surface area contributed by atoms with Gasteiger partial charge in [-0.25, -0.2) is 9.59 Å². The summed E-state index contributed by atoms with van der Waals surface area (Å²) in [5.74, 6) is -3.78. The van der Waals surface area contributed by atoms with Gasteiger partial charge in [0.25, 0.3) is 0 Å². The molecule has 0 aromatic heterocycles. The summed E-state index contributed by atoms with van der Waals surface area (Å²) >= 11 is 0. The first-order valence-electron chi connectivity index (χ1n) is 9.56. The molecule has 1 aliphatic carbocycles. The van der Waals surface area contributed by atoms with Crippen molar-refractivity contribution in [3.8, 4) is 0 Å². The highest BCUT2D eigenvalue weighted by Crippen LogP contribution is 2.38. The molecule has 1 fully saturated rings. The Hall–Kier alpha value is -2.24. The standard InChI is InChI=1S/C18H25F2N3O6/c19-18(20)14(25)12(10-24)29-15(18)23-9-8-13(21-16(23)26)22-17(27)28-11-6-4-2-1-3-5-7-11/h4,6,8-9,11-15,24-25H,1-3,5,7,10H2,(H,21,26)(H,22,27)/b6-4+/t11?,12?,13?,14-,15+/m0/s1. The van der Waals surface area contributed by atoms with E-state index >= 15 is 0 Å². The van der Waals surface area contributed by atoms with Crippen LogP contribution < -0.4 is 10.6 Å². The minimum absolute atomic E-state index is 0.363. The second-order valence-corrected chi connectivity index (χ2v) is 7.16. The van der Waals surface area contributed by atoms with Gasteiger partial charge in [-0.1, -0.05) is 12.5 Å². The smallest absolute Gasteiger partial charge is 0.409 e. The lowest BCUT2D eigenvalue weighted by molar-refractivity contribution is -0.145. The van der Waals surface area contributed by atoms with Gasteiger partial charge in [0.05, 0.1) is 6.61 Å². The SMILES string of the molecule is O=C(NC1C=CN([C@@H]2OC(CO)[C@H](O)C2(F)F)C(=O)N1)OC1/C=C/CCCCC1. The maximum Gasteiger partial charge on any atom is 0.409 e. The maximum absolute atomic E-state index is 14.2. The molecule has 0 aromatic rings. The molecule has 9 nitrogen and oxygen atoms in total. The number of halogens is 2. The number of carbonyl (C=O) groups is 2. The van der Waals surface area contributed by atoms with Crippen LogP contribution in [-0.2, 0) is 9.47 Å². The Morgan fingerprint density at radius 3 is 2.86 bits per heavy atom. The van der Waals surface area contributed by atoms with E-state index in [-0.39, 0.29) is 6.10 Å². The molecule has 11 heteroatoms. The number of nitrogens with zero attached hydrogens (tertiary/aromatic N) is 1. The molecule has 0 saturated carbocycles. The zero-order valence-electron chi connectivity index (χ0n) is 15.7. The van der Waals surface area contributed by atoms with Gasteiger partial charge >= 0.3 is 18.0 Å². The molecule has 0 spiro atoms. The first-order chi connectivity index (χ1) is 13.8. The molecule has 3 aliphatic rings. The number of alkyl carbamates (subject to hydrolysis) is 1. The molecule has 2 heterocycles. The van der Waals surface area contributed by atoms with Gasteiger partial charge in [0.2, 0.25) is 6.23 Å². The Balaban J connectivity index is 1.57. The van der Waals surface area contributed by atoms with Crippen LogP contribution in [0.25, 0.3) is 0 Å². The van der Waals surface area contributed by atoms with E-state index in [2.05, 4.69) is 10.6 Å². The van der Waals surface area contributed by atoms with Crippen molar-refractivity contribution in [1.29, 1.82) is 0 Å². The number of urea groups is 1. The highest BCUT2D eigenvalue weighted by molar-refractivity contribution is 5.78. The fraction of sp³-hybridized carbons (Fsp3) is 0.667. The van der Waals surface area contributed by atoms with Gasteiger partial charge in [0.1, 0.15) is 18.4 Å². The van der Waals surface area contributed by atoms with E-state index in [1.807, 2.05) is 12.2 Å². The fourth-order valence-corrected chi connectivity index (χ4v) is 3.41. The summed E-state index contributed by atoms with van der Waals surface area (Å²) in [6, 6.07) is -0.959. The Bertz CT molecular complexity index is 674. The van der Waals surface area contributed by atoms with Crippen molar-refractivity contribution in [1.82, 2.24) is 15.5 Å². The molecule has 5 atom stereocenters. The minimum atomic E-state index is -3.78. The largest absolute Gasteiger partial charge is 0.442 e. The van der Waals surface area contributed by atoms with E-state index in [1.54, 1.807) is 0 Å². The van der Waals surface area contributed by atoms with Crippen LogP contribution in [0.1, 0.15) is 32.1 Å². The third-order valence-electron chi connectivity index (χ3n) is 5.01. The zero-order valence-corrected chi connectivity index (χ0v) is 15.7. The van der Waals surface area contributed by atoms with Gasteiger partial charge < -0.3 is 25.0 Å². The Kier molecular flexibility index (Phi) is 6.70. The number of rotatable bonds is 4. The number of amides is 3. The van der Waals surface area contributed by atoms with Crippen LogP contribution in [0.15, 0.2) is 24.4 Å². The molecule has 3 unspecified atom stereocenters. The third kappa shape index (κ3) is 4.85. The van der Waals surface area contributed by atoms with Crippen molar-refractivity contribution in [2.75, 3.05) is 6.61 Å². The fourth-order valence-electron chi connectivity index (χ4n) is 3.41. The average Bonchev–Trinajstić information content (AvgIpc) is 2.87. The molecular formula is C18H25F2N3O6. The van der Waals surface area contributed by atoms with Crippen molar-refractivity contribution in [2.45, 2.75) is 68.7 Å². The predicted octanol–water partition coefficient (Wildman–Crippen LogP) is 1.18. The summed E-state index contributed by atoms with van der Waals surface area (Å²) in [6.07, 6.45) is 2.91. The van der Waals surface area contributed by atoms with Crippen LogP contribution in [0.5, 0.6) is 0 Å². The van der Waals surface area contributed by atoms with Gasteiger partial charge in [-0.2, -0.15) is 8.78 Å². The first-order valence-corrected chi connectivity index (χ1v) is 9.56. The summed E-state index contributed by atoms with van der Waals surface area (Å²) in [4.78, 5) is 24.9. The summed E-state index contributed by atoms with van der Waals surface area (Å²) in [7, 11) is 0. The minimum Gasteiger partial charge on any atom is -0.442 e. The molecule has 162 valence electrons. The zero-order chi connectivity index (χ0) is 21.0. The number of hydrogen-bond acceptors (Lipinski definition) is 6. The van der Waals surface area contributed by atoms with E-state index < -0.39 is 49.3 Å². The maximum atomic E-state index is 14.2. The molecule has 29 heavy (non-hydrogen) atoms. The van der Waals surface area contributed by atoms with Gasteiger partial charge in [-0.05, 0) is 37.8 Å². The Morgan fingerprint density at radius 2 is 2.17 bits per heavy atom. The number of aliphatic hydroxyl groups excluding tert-OH is 2. The molecule has 0 radical (unpaired) electrons. The second-order valence-electron chi connectivity index (χ2n) is 7.16.